The van der Waals surface area contributed by atoms with Gasteiger partial charge in [0.15, 0.2) is 4.77 Å². The van der Waals surface area contributed by atoms with E-state index in [2.05, 4.69) is 23.4 Å². The van der Waals surface area contributed by atoms with Crippen molar-refractivity contribution < 1.29 is 9.47 Å². The summed E-state index contributed by atoms with van der Waals surface area (Å²) < 4.78 is 14.2. The van der Waals surface area contributed by atoms with Gasteiger partial charge in [0.25, 0.3) is 0 Å². The van der Waals surface area contributed by atoms with Gasteiger partial charge in [-0.2, -0.15) is 0 Å². The molecule has 21 heavy (non-hydrogen) atoms. The van der Waals surface area contributed by atoms with Crippen molar-refractivity contribution in [2.24, 2.45) is 5.41 Å². The van der Waals surface area contributed by atoms with E-state index in [1.165, 1.54) is 0 Å². The average molecular weight is 306 g/mol. The van der Waals surface area contributed by atoms with Crippen LogP contribution in [-0.4, -0.2) is 29.4 Å². The summed E-state index contributed by atoms with van der Waals surface area (Å²) in [4.78, 5) is 3.29. The summed E-state index contributed by atoms with van der Waals surface area (Å²) in [7, 11) is 1.69. The highest BCUT2D eigenvalue weighted by atomic mass is 32.1. The summed E-state index contributed by atoms with van der Waals surface area (Å²) in [5, 5.41) is 0. The summed E-state index contributed by atoms with van der Waals surface area (Å²) in [6.07, 6.45) is 1.30. The smallest absolute Gasteiger partial charge is 0.178 e. The third-order valence-electron chi connectivity index (χ3n) is 4.73. The summed E-state index contributed by atoms with van der Waals surface area (Å²) in [6, 6.07) is 6.37. The van der Waals surface area contributed by atoms with Crippen LogP contribution in [0.5, 0.6) is 5.75 Å². The largest absolute Gasteiger partial charge is 0.497 e. The van der Waals surface area contributed by atoms with E-state index in [1.807, 2.05) is 25.1 Å². The number of aromatic nitrogens is 2. The van der Waals surface area contributed by atoms with Crippen LogP contribution in [0.3, 0.4) is 0 Å². The molecule has 2 unspecified atom stereocenters. The van der Waals surface area contributed by atoms with Crippen molar-refractivity contribution in [3.05, 3.63) is 23.0 Å². The van der Waals surface area contributed by atoms with Crippen molar-refractivity contribution in [1.29, 1.82) is 0 Å². The fraction of sp³-hybridized carbons (Fsp3) is 0.562. The van der Waals surface area contributed by atoms with Crippen molar-refractivity contribution in [2.75, 3.05) is 13.7 Å². The third-order valence-corrected chi connectivity index (χ3v) is 5.03. The molecule has 3 rings (SSSR count). The van der Waals surface area contributed by atoms with Crippen molar-refractivity contribution >= 4 is 23.3 Å². The highest BCUT2D eigenvalue weighted by molar-refractivity contribution is 7.71. The van der Waals surface area contributed by atoms with Gasteiger partial charge in [-0.3, -0.25) is 0 Å². The van der Waals surface area contributed by atoms with Crippen LogP contribution in [0, 0.1) is 10.2 Å². The lowest BCUT2D eigenvalue weighted by Gasteiger charge is -2.52. The summed E-state index contributed by atoms with van der Waals surface area (Å²) in [5.74, 6) is 0.851. The minimum Gasteiger partial charge on any atom is -0.497 e. The Bertz CT molecular complexity index is 717. The van der Waals surface area contributed by atoms with Gasteiger partial charge in [0.2, 0.25) is 0 Å². The molecule has 0 spiro atoms. The van der Waals surface area contributed by atoms with Gasteiger partial charge in [-0.1, -0.05) is 13.8 Å². The Kier molecular flexibility index (Phi) is 3.58. The monoisotopic (exact) mass is 306 g/mol. The molecule has 1 fully saturated rings. The van der Waals surface area contributed by atoms with E-state index in [9.17, 15) is 0 Å². The normalized spacial score (nSPS) is 24.0. The Morgan fingerprint density at radius 2 is 2.19 bits per heavy atom. The van der Waals surface area contributed by atoms with Crippen LogP contribution in [0.15, 0.2) is 18.2 Å². The second-order valence-corrected chi connectivity index (χ2v) is 6.59. The zero-order chi connectivity index (χ0) is 15.2. The van der Waals surface area contributed by atoms with E-state index in [-0.39, 0.29) is 5.41 Å². The molecule has 1 aliphatic rings. The van der Waals surface area contributed by atoms with Gasteiger partial charge in [0.05, 0.1) is 24.2 Å². The number of nitrogens with one attached hydrogen (secondary N) is 1. The van der Waals surface area contributed by atoms with Crippen LogP contribution >= 0.6 is 12.2 Å². The average Bonchev–Trinajstić information content (AvgIpc) is 2.78. The molecular formula is C16H22N2O2S. The molecule has 1 aromatic carbocycles. The van der Waals surface area contributed by atoms with Crippen molar-refractivity contribution in [3.63, 3.8) is 0 Å². The molecule has 1 saturated carbocycles. The first-order valence-corrected chi connectivity index (χ1v) is 7.79. The standard InChI is InChI=1S/C16H22N2O2S/c1-5-20-14-9-13(16(14,2)3)18-12-8-10(19-4)6-7-11(12)17-15(18)21/h6-8,13-14H,5,9H2,1-4H3,(H,17,21). The quantitative estimate of drug-likeness (QED) is 0.865. The number of rotatable bonds is 4. The highest BCUT2D eigenvalue weighted by Gasteiger charge is 2.50. The zero-order valence-corrected chi connectivity index (χ0v) is 13.8. The number of imidazole rings is 1. The molecule has 0 aliphatic heterocycles. The van der Waals surface area contributed by atoms with Crippen molar-refractivity contribution in [3.8, 4) is 5.75 Å². The first-order valence-electron chi connectivity index (χ1n) is 7.39. The van der Waals surface area contributed by atoms with Crippen LogP contribution in [0.2, 0.25) is 0 Å². The lowest BCUT2D eigenvalue weighted by atomic mass is 9.64. The Hall–Kier alpha value is -1.33. The van der Waals surface area contributed by atoms with Gasteiger partial charge < -0.3 is 19.0 Å². The number of ether oxygens (including phenoxy) is 2. The van der Waals surface area contributed by atoms with Crippen LogP contribution in [0.25, 0.3) is 11.0 Å². The molecule has 0 saturated heterocycles. The van der Waals surface area contributed by atoms with E-state index in [4.69, 9.17) is 21.7 Å². The number of H-pyrrole nitrogens is 1. The highest BCUT2D eigenvalue weighted by Crippen LogP contribution is 2.52. The number of methoxy groups -OCH3 is 1. The number of hydrogen-bond donors (Lipinski definition) is 1. The summed E-state index contributed by atoms with van der Waals surface area (Å²) in [6.45, 7) is 7.31. The van der Waals surface area contributed by atoms with E-state index < -0.39 is 0 Å². The van der Waals surface area contributed by atoms with E-state index in [1.54, 1.807) is 7.11 Å². The molecule has 1 N–H and O–H groups in total. The minimum atomic E-state index is 0.0758. The second-order valence-electron chi connectivity index (χ2n) is 6.20. The topological polar surface area (TPSA) is 39.2 Å². The maximum Gasteiger partial charge on any atom is 0.178 e. The fourth-order valence-corrected chi connectivity index (χ4v) is 3.66. The maximum absolute atomic E-state index is 5.84. The molecule has 0 bridgehead atoms. The van der Waals surface area contributed by atoms with Gasteiger partial charge in [-0.15, -0.1) is 0 Å². The SMILES string of the molecule is CCOC1CC(n2c(=S)[nH]c3ccc(OC)cc32)C1(C)C. The first kappa shape index (κ1) is 14.6. The van der Waals surface area contributed by atoms with E-state index in [0.717, 1.165) is 34.6 Å². The molecule has 2 aromatic rings. The predicted octanol–water partition coefficient (Wildman–Crippen LogP) is 4.08. The molecule has 5 heteroatoms. The maximum atomic E-state index is 5.84. The molecule has 0 radical (unpaired) electrons. The summed E-state index contributed by atoms with van der Waals surface area (Å²) >= 11 is 5.54. The number of benzene rings is 1. The minimum absolute atomic E-state index is 0.0758. The number of nitrogens with zero attached hydrogens (tertiary/aromatic N) is 1. The lowest BCUT2D eigenvalue weighted by molar-refractivity contribution is -0.127. The van der Waals surface area contributed by atoms with Gasteiger partial charge >= 0.3 is 0 Å². The molecule has 1 aromatic heterocycles. The Labute approximate surface area is 130 Å². The van der Waals surface area contributed by atoms with Crippen LogP contribution in [-0.2, 0) is 4.74 Å². The van der Waals surface area contributed by atoms with Gasteiger partial charge in [-0.25, -0.2) is 0 Å². The van der Waals surface area contributed by atoms with Gasteiger partial charge in [0.1, 0.15) is 5.75 Å². The van der Waals surface area contributed by atoms with Gasteiger partial charge in [-0.05, 0) is 37.7 Å². The molecular weight excluding hydrogens is 284 g/mol. The fourth-order valence-electron chi connectivity index (χ4n) is 3.32. The predicted molar refractivity (Wildman–Crippen MR) is 86.5 cm³/mol. The molecule has 2 atom stereocenters. The molecule has 114 valence electrons. The molecule has 4 nitrogen and oxygen atoms in total. The van der Waals surface area contributed by atoms with Crippen molar-refractivity contribution in [1.82, 2.24) is 9.55 Å². The van der Waals surface area contributed by atoms with Crippen LogP contribution in [0.4, 0.5) is 0 Å². The number of hydrogen-bond acceptors (Lipinski definition) is 3. The van der Waals surface area contributed by atoms with Crippen LogP contribution < -0.4 is 4.74 Å². The first-order chi connectivity index (χ1) is 9.98. The molecule has 1 aliphatic carbocycles. The Balaban J connectivity index is 2.05. The van der Waals surface area contributed by atoms with Gasteiger partial charge in [0, 0.05) is 24.1 Å². The Morgan fingerprint density at radius 1 is 1.43 bits per heavy atom. The van der Waals surface area contributed by atoms with E-state index in [0.29, 0.717) is 12.1 Å². The van der Waals surface area contributed by atoms with E-state index >= 15 is 0 Å². The molecule has 1 heterocycles. The summed E-state index contributed by atoms with van der Waals surface area (Å²) in [5.41, 5.74) is 2.23. The Morgan fingerprint density at radius 3 is 2.81 bits per heavy atom. The number of fused-ring (bicyclic) bond motifs is 1. The molecule has 0 amide bonds. The number of aromatic amines is 1. The van der Waals surface area contributed by atoms with Crippen LogP contribution in [0.1, 0.15) is 33.2 Å². The third kappa shape index (κ3) is 2.19. The van der Waals surface area contributed by atoms with Crippen molar-refractivity contribution in [2.45, 2.75) is 39.3 Å². The lowest BCUT2D eigenvalue weighted by Crippen LogP contribution is -2.51. The second kappa shape index (κ2) is 5.14. The zero-order valence-electron chi connectivity index (χ0n) is 13.0.